The van der Waals surface area contributed by atoms with Crippen molar-refractivity contribution in [3.05, 3.63) is 35.9 Å². The second kappa shape index (κ2) is 5.69. The van der Waals surface area contributed by atoms with Gasteiger partial charge in [-0.25, -0.2) is 0 Å². The molecule has 1 aromatic rings. The van der Waals surface area contributed by atoms with Crippen LogP contribution in [0.5, 0.6) is 0 Å². The van der Waals surface area contributed by atoms with E-state index < -0.39 is 0 Å². The number of rotatable bonds is 4. The van der Waals surface area contributed by atoms with Crippen LogP contribution in [-0.4, -0.2) is 5.71 Å². The third kappa shape index (κ3) is 4.28. The lowest BCUT2D eigenvalue weighted by atomic mass is 10.1. The molecule has 0 saturated heterocycles. The average Bonchev–Trinajstić information content (AvgIpc) is 2.17. The van der Waals surface area contributed by atoms with Crippen LogP contribution in [0.25, 0.3) is 0 Å². The standard InChI is InChI=1S/C14H21N/c1-11(2)10-12(3)15-13(4)14-8-6-5-7-9-14/h5-9,11,13H,10H2,1-4H3/t13-/m1/s1. The molecule has 1 rings (SSSR count). The summed E-state index contributed by atoms with van der Waals surface area (Å²) < 4.78 is 0. The molecule has 0 aliphatic rings. The van der Waals surface area contributed by atoms with E-state index in [-0.39, 0.29) is 6.04 Å². The zero-order valence-electron chi connectivity index (χ0n) is 10.2. The molecule has 15 heavy (non-hydrogen) atoms. The molecule has 0 heterocycles. The Morgan fingerprint density at radius 3 is 2.27 bits per heavy atom. The highest BCUT2D eigenvalue weighted by Gasteiger charge is 2.03. The average molecular weight is 203 g/mol. The van der Waals surface area contributed by atoms with Crippen LogP contribution in [0, 0.1) is 5.92 Å². The van der Waals surface area contributed by atoms with Crippen LogP contribution in [0.2, 0.25) is 0 Å². The topological polar surface area (TPSA) is 12.4 Å². The maximum atomic E-state index is 4.70. The summed E-state index contributed by atoms with van der Waals surface area (Å²) in [6.45, 7) is 8.73. The Bertz CT molecular complexity index is 311. The third-order valence-electron chi connectivity index (χ3n) is 2.40. The van der Waals surface area contributed by atoms with Gasteiger partial charge in [0.1, 0.15) is 0 Å². The molecule has 0 radical (unpaired) electrons. The van der Waals surface area contributed by atoms with Gasteiger partial charge in [0.2, 0.25) is 0 Å². The van der Waals surface area contributed by atoms with Gasteiger partial charge in [-0.2, -0.15) is 0 Å². The Kier molecular flexibility index (Phi) is 4.54. The summed E-state index contributed by atoms with van der Waals surface area (Å²) in [5, 5.41) is 0. The first kappa shape index (κ1) is 12.0. The molecule has 0 bridgehead atoms. The van der Waals surface area contributed by atoms with Gasteiger partial charge in [0.05, 0.1) is 6.04 Å². The minimum absolute atomic E-state index is 0.282. The van der Waals surface area contributed by atoms with E-state index in [2.05, 4.69) is 52.0 Å². The molecule has 1 atom stereocenters. The molecule has 0 unspecified atom stereocenters. The Hall–Kier alpha value is -1.11. The van der Waals surface area contributed by atoms with Gasteiger partial charge in [0.25, 0.3) is 0 Å². The summed E-state index contributed by atoms with van der Waals surface area (Å²) in [5.74, 6) is 0.691. The van der Waals surface area contributed by atoms with Crippen molar-refractivity contribution in [3.8, 4) is 0 Å². The van der Waals surface area contributed by atoms with Gasteiger partial charge in [0, 0.05) is 5.71 Å². The van der Waals surface area contributed by atoms with Crippen LogP contribution in [0.4, 0.5) is 0 Å². The van der Waals surface area contributed by atoms with Crippen molar-refractivity contribution in [2.24, 2.45) is 10.9 Å². The molecular weight excluding hydrogens is 182 g/mol. The Labute approximate surface area is 93.2 Å². The molecule has 0 fully saturated rings. The van der Waals surface area contributed by atoms with Gasteiger partial charge in [0.15, 0.2) is 0 Å². The van der Waals surface area contributed by atoms with E-state index in [0.29, 0.717) is 5.92 Å². The van der Waals surface area contributed by atoms with Crippen molar-refractivity contribution in [1.29, 1.82) is 0 Å². The highest BCUT2D eigenvalue weighted by atomic mass is 14.8. The monoisotopic (exact) mass is 203 g/mol. The van der Waals surface area contributed by atoms with Crippen molar-refractivity contribution in [2.45, 2.75) is 40.2 Å². The molecule has 0 aliphatic heterocycles. The van der Waals surface area contributed by atoms with Crippen molar-refractivity contribution in [1.82, 2.24) is 0 Å². The lowest BCUT2D eigenvalue weighted by molar-refractivity contribution is 0.675. The molecule has 0 amide bonds. The van der Waals surface area contributed by atoms with Crippen LogP contribution in [-0.2, 0) is 0 Å². The lowest BCUT2D eigenvalue weighted by Gasteiger charge is -2.10. The number of hydrogen-bond acceptors (Lipinski definition) is 1. The molecule has 0 aliphatic carbocycles. The fraction of sp³-hybridized carbons (Fsp3) is 0.500. The van der Waals surface area contributed by atoms with Gasteiger partial charge in [-0.1, -0.05) is 44.2 Å². The Morgan fingerprint density at radius 1 is 1.13 bits per heavy atom. The molecule has 0 spiro atoms. The zero-order valence-corrected chi connectivity index (χ0v) is 10.2. The zero-order chi connectivity index (χ0) is 11.3. The predicted molar refractivity (Wildman–Crippen MR) is 67.4 cm³/mol. The summed E-state index contributed by atoms with van der Waals surface area (Å²) in [6, 6.07) is 10.7. The van der Waals surface area contributed by atoms with Gasteiger partial charge in [-0.05, 0) is 31.7 Å². The van der Waals surface area contributed by atoms with E-state index in [1.54, 1.807) is 0 Å². The first-order valence-corrected chi connectivity index (χ1v) is 5.68. The summed E-state index contributed by atoms with van der Waals surface area (Å²) in [5.41, 5.74) is 2.54. The van der Waals surface area contributed by atoms with E-state index in [0.717, 1.165) is 6.42 Å². The summed E-state index contributed by atoms with van der Waals surface area (Å²) in [4.78, 5) is 4.70. The van der Waals surface area contributed by atoms with E-state index in [1.807, 2.05) is 6.07 Å². The second-order valence-corrected chi connectivity index (χ2v) is 4.55. The normalized spacial score (nSPS) is 14.3. The van der Waals surface area contributed by atoms with E-state index >= 15 is 0 Å². The number of hydrogen-bond donors (Lipinski definition) is 0. The van der Waals surface area contributed by atoms with Crippen LogP contribution < -0.4 is 0 Å². The SMILES string of the molecule is CC(CC(C)C)=N[C@H](C)c1ccccc1. The maximum absolute atomic E-state index is 4.70. The van der Waals surface area contributed by atoms with Gasteiger partial charge in [-0.15, -0.1) is 0 Å². The fourth-order valence-corrected chi connectivity index (χ4v) is 1.78. The van der Waals surface area contributed by atoms with Gasteiger partial charge < -0.3 is 0 Å². The molecule has 0 N–H and O–H groups in total. The smallest absolute Gasteiger partial charge is 0.0720 e. The van der Waals surface area contributed by atoms with Crippen molar-refractivity contribution in [3.63, 3.8) is 0 Å². The number of benzene rings is 1. The number of nitrogens with zero attached hydrogens (tertiary/aromatic N) is 1. The molecule has 0 aromatic heterocycles. The Balaban J connectivity index is 2.66. The largest absolute Gasteiger partial charge is 0.287 e. The van der Waals surface area contributed by atoms with Crippen LogP contribution in [0.3, 0.4) is 0 Å². The summed E-state index contributed by atoms with van der Waals surface area (Å²) in [6.07, 6.45) is 1.09. The molecule has 82 valence electrons. The van der Waals surface area contributed by atoms with E-state index in [1.165, 1.54) is 11.3 Å². The minimum atomic E-state index is 0.282. The van der Waals surface area contributed by atoms with Crippen LogP contribution in [0.15, 0.2) is 35.3 Å². The molecule has 1 nitrogen and oxygen atoms in total. The third-order valence-corrected chi connectivity index (χ3v) is 2.40. The van der Waals surface area contributed by atoms with E-state index in [9.17, 15) is 0 Å². The van der Waals surface area contributed by atoms with Crippen molar-refractivity contribution < 1.29 is 0 Å². The molecule has 1 heteroatoms. The predicted octanol–water partition coefficient (Wildman–Crippen LogP) is 4.25. The van der Waals surface area contributed by atoms with Gasteiger partial charge >= 0.3 is 0 Å². The van der Waals surface area contributed by atoms with Crippen LogP contribution >= 0.6 is 0 Å². The fourth-order valence-electron chi connectivity index (χ4n) is 1.78. The van der Waals surface area contributed by atoms with E-state index in [4.69, 9.17) is 4.99 Å². The number of aliphatic imine (C=N–C) groups is 1. The molecule has 1 aromatic carbocycles. The first-order valence-electron chi connectivity index (χ1n) is 5.68. The maximum Gasteiger partial charge on any atom is 0.0720 e. The molecule has 0 saturated carbocycles. The molecular formula is C14H21N. The highest BCUT2D eigenvalue weighted by molar-refractivity contribution is 5.82. The van der Waals surface area contributed by atoms with Crippen molar-refractivity contribution in [2.75, 3.05) is 0 Å². The van der Waals surface area contributed by atoms with Gasteiger partial charge in [-0.3, -0.25) is 4.99 Å². The van der Waals surface area contributed by atoms with Crippen molar-refractivity contribution >= 4 is 5.71 Å². The summed E-state index contributed by atoms with van der Waals surface area (Å²) in [7, 11) is 0. The van der Waals surface area contributed by atoms with Crippen LogP contribution in [0.1, 0.15) is 45.7 Å². The summed E-state index contributed by atoms with van der Waals surface area (Å²) >= 11 is 0. The quantitative estimate of drug-likeness (QED) is 0.648. The first-order chi connectivity index (χ1) is 7.09. The highest BCUT2D eigenvalue weighted by Crippen LogP contribution is 2.17. The second-order valence-electron chi connectivity index (χ2n) is 4.55. The Morgan fingerprint density at radius 2 is 1.73 bits per heavy atom. The minimum Gasteiger partial charge on any atom is -0.287 e. The lowest BCUT2D eigenvalue weighted by Crippen LogP contribution is -2.01.